The molecule has 1 saturated heterocycles. The molecule has 1 fully saturated rings. The first-order chi connectivity index (χ1) is 28.7. The number of aromatic amines is 2. The Labute approximate surface area is 342 Å². The van der Waals surface area contributed by atoms with Crippen molar-refractivity contribution in [1.29, 1.82) is 0 Å². The molecule has 0 aliphatic carbocycles. The number of amides is 3. The molecule has 1 unspecified atom stereocenters. The van der Waals surface area contributed by atoms with Gasteiger partial charge in [-0.3, -0.25) is 24.5 Å². The summed E-state index contributed by atoms with van der Waals surface area (Å²) in [6.07, 6.45) is 9.19. The van der Waals surface area contributed by atoms with Crippen LogP contribution in [0.2, 0.25) is 0 Å². The lowest BCUT2D eigenvalue weighted by Crippen LogP contribution is -2.41. The maximum atomic E-state index is 13.1. The molecule has 1 aliphatic rings. The van der Waals surface area contributed by atoms with Gasteiger partial charge >= 0.3 is 6.09 Å². The maximum absolute atomic E-state index is 13.1. The largest absolute Gasteiger partial charge is 0.453 e. The fourth-order valence-corrected chi connectivity index (χ4v) is 6.43. The van der Waals surface area contributed by atoms with Gasteiger partial charge in [0.1, 0.15) is 29.5 Å². The fraction of sp³-hybridized carbons (Fsp3) is 0.256. The van der Waals surface area contributed by atoms with Gasteiger partial charge in [0.2, 0.25) is 12.3 Å². The summed E-state index contributed by atoms with van der Waals surface area (Å²) in [5.74, 6) is 1.15. The number of rotatable bonds is 12. The minimum absolute atomic E-state index is 0.250. The van der Waals surface area contributed by atoms with Crippen molar-refractivity contribution in [2.45, 2.75) is 44.0 Å². The molecule has 0 radical (unpaired) electrons. The van der Waals surface area contributed by atoms with Crippen LogP contribution >= 0.6 is 0 Å². The Morgan fingerprint density at radius 3 is 1.98 bits per heavy atom. The van der Waals surface area contributed by atoms with Crippen molar-refractivity contribution in [3.8, 4) is 33.9 Å². The highest BCUT2D eigenvalue weighted by Crippen LogP contribution is 2.30. The predicted octanol–water partition coefficient (Wildman–Crippen LogP) is 5.64. The molecule has 3 aromatic carbocycles. The summed E-state index contributed by atoms with van der Waals surface area (Å²) < 4.78 is 9.63. The van der Waals surface area contributed by atoms with Crippen LogP contribution in [0.4, 0.5) is 4.79 Å². The zero-order valence-corrected chi connectivity index (χ0v) is 33.2. The number of ether oxygens (including phenoxy) is 2. The third-order valence-electron chi connectivity index (χ3n) is 9.56. The first-order valence-corrected chi connectivity index (χ1v) is 18.8. The average molecular weight is 801 g/mol. The molecule has 3 amide bonds. The molecule has 6 N–H and O–H groups in total. The lowest BCUT2D eigenvalue weighted by atomic mass is 10.1. The molecule has 0 spiro atoms. The molecule has 0 saturated carbocycles. The number of likely N-dealkylation sites (tertiary alicyclic amines) is 1. The van der Waals surface area contributed by atoms with E-state index in [0.717, 1.165) is 53.2 Å². The van der Waals surface area contributed by atoms with Crippen molar-refractivity contribution in [3.05, 3.63) is 132 Å². The second-order valence-electron chi connectivity index (χ2n) is 13.4. The van der Waals surface area contributed by atoms with Crippen molar-refractivity contribution >= 4 is 24.7 Å². The molecule has 4 heterocycles. The number of nitrogens with two attached hydrogens (primary N) is 1. The van der Waals surface area contributed by atoms with Crippen molar-refractivity contribution in [2.75, 3.05) is 27.8 Å². The van der Waals surface area contributed by atoms with Gasteiger partial charge in [-0.15, -0.1) is 0 Å². The number of nitrogens with one attached hydrogen (secondary N) is 4. The van der Waals surface area contributed by atoms with E-state index in [0.29, 0.717) is 28.8 Å². The van der Waals surface area contributed by atoms with E-state index in [1.165, 1.54) is 20.6 Å². The number of aromatic nitrogens is 6. The SMILES string of the molecule is COC(=O)N[C@@H](C(=O)N[C@@H](C)c1ncc(-c2cnc(-c3ccc(-c4cnc([C@@H]5CCCN5C)[nH]4)cc3)cn2)[nH]1)c1ccccc1.COC(C=O)c1ccccc1.NC=O. The monoisotopic (exact) mass is 800 g/mol. The zero-order chi connectivity index (χ0) is 42.1. The molecule has 7 rings (SSSR count). The summed E-state index contributed by atoms with van der Waals surface area (Å²) in [6, 6.07) is 25.4. The number of hydrogen-bond acceptors (Lipinski definition) is 11. The number of H-pyrrole nitrogens is 2. The molecular formula is C43H48N10O6. The normalized spacial score (nSPS) is 14.9. The van der Waals surface area contributed by atoms with E-state index >= 15 is 0 Å². The Morgan fingerprint density at radius 2 is 1.41 bits per heavy atom. The maximum Gasteiger partial charge on any atom is 0.407 e. The minimum atomic E-state index is -0.932. The zero-order valence-electron chi connectivity index (χ0n) is 33.2. The molecule has 4 atom stereocenters. The molecule has 6 aromatic rings. The molecule has 0 bridgehead atoms. The summed E-state index contributed by atoms with van der Waals surface area (Å²) in [4.78, 5) is 71.4. The number of hydrogen-bond donors (Lipinski definition) is 5. The third kappa shape index (κ3) is 11.5. The number of methoxy groups -OCH3 is 2. The van der Waals surface area contributed by atoms with Crippen molar-refractivity contribution in [1.82, 2.24) is 45.4 Å². The standard InChI is InChI=1S/C33H35N9O3.C9H10O2.CH3NO/c1-20(38-32(43)29(41-33(44)45-3)23-8-5-4-6-9-23)30-36-19-27(40-30)26-18-34-24(16-35-26)21-11-13-22(14-12-21)25-17-37-31(39-25)28-10-7-15-42(28)2;1-11-9(7-10)8-5-3-2-4-6-8;2-1-3/h4-6,8-9,11-14,16-20,28-29H,7,10,15H2,1-3H3,(H,36,40)(H,37,39)(H,38,43)(H,41,44);2-7,9H,1H3;1H,(H2,2,3)/t20-,28-,29+;;/m0../s1. The number of carbonyl (C=O) groups is 4. The van der Waals surface area contributed by atoms with E-state index in [9.17, 15) is 14.4 Å². The van der Waals surface area contributed by atoms with E-state index in [1.54, 1.807) is 49.8 Å². The molecule has 3 aromatic heterocycles. The summed E-state index contributed by atoms with van der Waals surface area (Å²) in [5, 5.41) is 5.49. The number of aldehydes is 1. The first-order valence-electron chi connectivity index (χ1n) is 18.8. The van der Waals surface area contributed by atoms with E-state index in [-0.39, 0.29) is 6.41 Å². The van der Waals surface area contributed by atoms with Gasteiger partial charge in [-0.1, -0.05) is 84.9 Å². The van der Waals surface area contributed by atoms with Crippen molar-refractivity contribution in [3.63, 3.8) is 0 Å². The van der Waals surface area contributed by atoms with Gasteiger partial charge < -0.3 is 40.6 Å². The number of primary amides is 1. The van der Waals surface area contributed by atoms with Crippen LogP contribution in [0, 0.1) is 0 Å². The van der Waals surface area contributed by atoms with Crippen LogP contribution < -0.4 is 16.4 Å². The minimum Gasteiger partial charge on any atom is -0.453 e. The molecule has 16 heteroatoms. The number of imidazole rings is 2. The van der Waals surface area contributed by atoms with Crippen LogP contribution in [0.3, 0.4) is 0 Å². The number of nitrogens with zero attached hydrogens (tertiary/aromatic N) is 5. The molecular weight excluding hydrogens is 753 g/mol. The molecule has 1 aliphatic heterocycles. The predicted molar refractivity (Wildman–Crippen MR) is 221 cm³/mol. The van der Waals surface area contributed by atoms with E-state index < -0.39 is 30.2 Å². The van der Waals surface area contributed by atoms with Crippen molar-refractivity contribution < 1.29 is 28.7 Å². The van der Waals surface area contributed by atoms with Gasteiger partial charge in [0.05, 0.1) is 61.1 Å². The van der Waals surface area contributed by atoms with Crippen LogP contribution in [0.15, 0.2) is 110 Å². The quantitative estimate of drug-likeness (QED) is 0.0953. The third-order valence-corrected chi connectivity index (χ3v) is 9.56. The van der Waals surface area contributed by atoms with E-state index in [1.807, 2.05) is 54.7 Å². The Kier molecular flexibility index (Phi) is 15.7. The number of benzene rings is 3. The molecule has 16 nitrogen and oxygen atoms in total. The smallest absolute Gasteiger partial charge is 0.407 e. The van der Waals surface area contributed by atoms with E-state index in [2.05, 4.69) is 70.4 Å². The topological polar surface area (TPSA) is 223 Å². The van der Waals surface area contributed by atoms with Crippen LogP contribution in [0.1, 0.15) is 66.8 Å². The first kappa shape index (κ1) is 43.1. The lowest BCUT2D eigenvalue weighted by molar-refractivity contribution is -0.124. The van der Waals surface area contributed by atoms with Gasteiger partial charge in [0.25, 0.3) is 0 Å². The van der Waals surface area contributed by atoms with Crippen molar-refractivity contribution in [2.24, 2.45) is 5.73 Å². The van der Waals surface area contributed by atoms with Gasteiger partial charge in [0, 0.05) is 12.7 Å². The van der Waals surface area contributed by atoms with Gasteiger partial charge in [-0.2, -0.15) is 0 Å². The Balaban J connectivity index is 0.000000403. The lowest BCUT2D eigenvalue weighted by Gasteiger charge is -2.20. The number of carbonyl (C=O) groups excluding carboxylic acids is 4. The second kappa shape index (κ2) is 21.5. The second-order valence-corrected chi connectivity index (χ2v) is 13.4. The summed E-state index contributed by atoms with van der Waals surface area (Å²) in [7, 11) is 4.91. The van der Waals surface area contributed by atoms with Crippen LogP contribution in [-0.2, 0) is 23.9 Å². The van der Waals surface area contributed by atoms with Gasteiger partial charge in [-0.25, -0.2) is 14.8 Å². The highest BCUT2D eigenvalue weighted by molar-refractivity contribution is 5.87. The number of alkyl carbamates (subject to hydrolysis) is 1. The van der Waals surface area contributed by atoms with Crippen LogP contribution in [0.25, 0.3) is 33.9 Å². The Morgan fingerprint density at radius 1 is 0.797 bits per heavy atom. The molecule has 59 heavy (non-hydrogen) atoms. The summed E-state index contributed by atoms with van der Waals surface area (Å²) >= 11 is 0. The highest BCUT2D eigenvalue weighted by Gasteiger charge is 2.26. The summed E-state index contributed by atoms with van der Waals surface area (Å²) in [6.45, 7) is 2.90. The van der Waals surface area contributed by atoms with Gasteiger partial charge in [-0.05, 0) is 50.0 Å². The van der Waals surface area contributed by atoms with Gasteiger partial charge in [0.15, 0.2) is 6.29 Å². The Hall–Kier alpha value is -7.04. The average Bonchev–Trinajstić information content (AvgIpc) is 4.07. The highest BCUT2D eigenvalue weighted by atomic mass is 16.5. The molecule has 306 valence electrons. The fourth-order valence-electron chi connectivity index (χ4n) is 6.43. The van der Waals surface area contributed by atoms with Crippen LogP contribution in [0.5, 0.6) is 0 Å². The Bertz CT molecular complexity index is 2230. The van der Waals surface area contributed by atoms with E-state index in [4.69, 9.17) is 14.3 Å². The van der Waals surface area contributed by atoms with Crippen LogP contribution in [-0.4, -0.2) is 87.3 Å². The summed E-state index contributed by atoms with van der Waals surface area (Å²) in [5.41, 5.74) is 10.7.